The molecule has 144 valence electrons. The van der Waals surface area contributed by atoms with Crippen molar-refractivity contribution in [3.8, 4) is 11.4 Å². The van der Waals surface area contributed by atoms with Crippen LogP contribution in [0.2, 0.25) is 0 Å². The van der Waals surface area contributed by atoms with E-state index in [1.54, 1.807) is 12.1 Å². The van der Waals surface area contributed by atoms with Crippen molar-refractivity contribution in [3.63, 3.8) is 0 Å². The lowest BCUT2D eigenvalue weighted by Crippen LogP contribution is -2.34. The molecule has 1 aliphatic rings. The van der Waals surface area contributed by atoms with Gasteiger partial charge in [0, 0.05) is 18.2 Å². The van der Waals surface area contributed by atoms with E-state index in [4.69, 9.17) is 0 Å². The summed E-state index contributed by atoms with van der Waals surface area (Å²) in [4.78, 5) is 21.2. The number of carbonyl (C=O) groups is 1. The number of anilines is 1. The van der Waals surface area contributed by atoms with Gasteiger partial charge in [-0.15, -0.1) is 0 Å². The topological polar surface area (TPSA) is 72.1 Å². The Morgan fingerprint density at radius 1 is 1.14 bits per heavy atom. The van der Waals surface area contributed by atoms with Gasteiger partial charge < -0.3 is 9.42 Å². The summed E-state index contributed by atoms with van der Waals surface area (Å²) in [5, 5.41) is 3.30. The van der Waals surface area contributed by atoms with Crippen LogP contribution in [-0.2, 0) is 23.9 Å². The summed E-state index contributed by atoms with van der Waals surface area (Å²) >= 11 is 0. The van der Waals surface area contributed by atoms with Gasteiger partial charge in [0.2, 0.25) is 11.7 Å². The number of alkyl halides is 3. The fraction of sp³-hybridized carbons (Fsp3) is 0.222. The van der Waals surface area contributed by atoms with E-state index in [1.165, 1.54) is 29.3 Å². The van der Waals surface area contributed by atoms with Crippen molar-refractivity contribution < 1.29 is 26.9 Å². The molecule has 0 spiro atoms. The van der Waals surface area contributed by atoms with E-state index in [9.17, 15) is 22.4 Å². The maximum absolute atomic E-state index is 13.6. The van der Waals surface area contributed by atoms with Crippen LogP contribution in [0, 0.1) is 5.82 Å². The monoisotopic (exact) mass is 392 g/mol. The lowest BCUT2D eigenvalue weighted by Gasteiger charge is -2.29. The lowest BCUT2D eigenvalue weighted by molar-refractivity contribution is -0.159. The lowest BCUT2D eigenvalue weighted by atomic mass is 10.0. The average Bonchev–Trinajstić information content (AvgIpc) is 3.15. The van der Waals surface area contributed by atoms with Crippen LogP contribution in [0.1, 0.15) is 23.6 Å². The first-order valence-electron chi connectivity index (χ1n) is 8.26. The maximum Gasteiger partial charge on any atom is 0.471 e. The molecule has 3 aromatic rings. The van der Waals surface area contributed by atoms with Gasteiger partial charge in [0.25, 0.3) is 0 Å². The van der Waals surface area contributed by atoms with Gasteiger partial charge in [0.15, 0.2) is 0 Å². The fourth-order valence-electron chi connectivity index (χ4n) is 2.95. The SMILES string of the molecule is O=C1CCc2ccc(F)cc2N1Cc1ccc(-c2noc(C(F)(F)F)n2)cn1. The van der Waals surface area contributed by atoms with E-state index >= 15 is 0 Å². The Morgan fingerprint density at radius 2 is 1.96 bits per heavy atom. The molecule has 0 radical (unpaired) electrons. The highest BCUT2D eigenvalue weighted by Gasteiger charge is 2.38. The molecule has 1 aromatic carbocycles. The van der Waals surface area contributed by atoms with E-state index in [-0.39, 0.29) is 23.8 Å². The van der Waals surface area contributed by atoms with E-state index in [0.29, 0.717) is 24.2 Å². The highest BCUT2D eigenvalue weighted by Crippen LogP contribution is 2.31. The minimum absolute atomic E-state index is 0.107. The molecule has 0 saturated heterocycles. The van der Waals surface area contributed by atoms with Crippen molar-refractivity contribution in [2.45, 2.75) is 25.6 Å². The van der Waals surface area contributed by atoms with Gasteiger partial charge in [-0.3, -0.25) is 9.78 Å². The zero-order valence-electron chi connectivity index (χ0n) is 14.2. The Balaban J connectivity index is 1.56. The molecule has 3 heterocycles. The van der Waals surface area contributed by atoms with Crippen LogP contribution >= 0.6 is 0 Å². The molecule has 0 bridgehead atoms. The molecule has 1 amide bonds. The molecule has 2 aromatic heterocycles. The van der Waals surface area contributed by atoms with Gasteiger partial charge in [-0.1, -0.05) is 11.2 Å². The van der Waals surface area contributed by atoms with Crippen LogP contribution < -0.4 is 4.90 Å². The van der Waals surface area contributed by atoms with Gasteiger partial charge in [-0.25, -0.2) is 4.39 Å². The van der Waals surface area contributed by atoms with E-state index < -0.39 is 17.9 Å². The fourth-order valence-corrected chi connectivity index (χ4v) is 2.95. The zero-order valence-corrected chi connectivity index (χ0v) is 14.2. The molecule has 4 rings (SSSR count). The molecular formula is C18H12F4N4O2. The number of hydrogen-bond acceptors (Lipinski definition) is 5. The van der Waals surface area contributed by atoms with Crippen molar-refractivity contribution >= 4 is 11.6 Å². The molecule has 6 nitrogen and oxygen atoms in total. The standard InChI is InChI=1S/C18H12F4N4O2/c19-12-4-1-10-3-6-15(27)26(14(10)7-12)9-13-5-2-11(8-23-13)16-24-17(28-25-16)18(20,21)22/h1-2,4-5,7-8H,3,6,9H2. The van der Waals surface area contributed by atoms with Crippen LogP contribution in [0.4, 0.5) is 23.2 Å². The van der Waals surface area contributed by atoms with Gasteiger partial charge >= 0.3 is 12.1 Å². The Labute approximate surface area is 155 Å². The van der Waals surface area contributed by atoms with Gasteiger partial charge in [0.1, 0.15) is 5.82 Å². The van der Waals surface area contributed by atoms with E-state index in [0.717, 1.165) is 5.56 Å². The second kappa shape index (κ2) is 6.70. The number of aryl methyl sites for hydroxylation is 1. The first-order chi connectivity index (χ1) is 13.3. The number of pyridine rings is 1. The van der Waals surface area contributed by atoms with Gasteiger partial charge in [-0.2, -0.15) is 18.2 Å². The Morgan fingerprint density at radius 3 is 2.64 bits per heavy atom. The van der Waals surface area contributed by atoms with Crippen LogP contribution in [-0.4, -0.2) is 21.0 Å². The Bertz CT molecular complexity index is 1030. The van der Waals surface area contributed by atoms with Crippen molar-refractivity contribution in [2.75, 3.05) is 4.90 Å². The summed E-state index contributed by atoms with van der Waals surface area (Å²) in [7, 11) is 0. The molecule has 0 fully saturated rings. The van der Waals surface area contributed by atoms with Crippen molar-refractivity contribution in [1.82, 2.24) is 15.1 Å². The minimum Gasteiger partial charge on any atom is -0.329 e. The van der Waals surface area contributed by atoms with Crippen LogP contribution in [0.3, 0.4) is 0 Å². The number of hydrogen-bond donors (Lipinski definition) is 0. The smallest absolute Gasteiger partial charge is 0.329 e. The Hall–Kier alpha value is -3.30. The summed E-state index contributed by atoms with van der Waals surface area (Å²) in [6, 6.07) is 7.32. The molecule has 0 unspecified atom stereocenters. The summed E-state index contributed by atoms with van der Waals surface area (Å²) in [6.45, 7) is 0.107. The molecule has 0 N–H and O–H groups in total. The molecule has 1 aliphatic heterocycles. The zero-order chi connectivity index (χ0) is 19.9. The molecule has 0 aliphatic carbocycles. The molecule has 28 heavy (non-hydrogen) atoms. The third kappa shape index (κ3) is 3.45. The van der Waals surface area contributed by atoms with Crippen molar-refractivity contribution in [1.29, 1.82) is 0 Å². The number of nitrogens with zero attached hydrogens (tertiary/aromatic N) is 4. The summed E-state index contributed by atoms with van der Waals surface area (Å²) in [5.41, 5.74) is 2.08. The number of halogens is 4. The summed E-state index contributed by atoms with van der Waals surface area (Å²) in [5.74, 6) is -2.28. The van der Waals surface area contributed by atoms with E-state index in [1.807, 2.05) is 0 Å². The molecular weight excluding hydrogens is 380 g/mol. The molecule has 10 heteroatoms. The highest BCUT2D eigenvalue weighted by molar-refractivity contribution is 5.96. The predicted molar refractivity (Wildman–Crippen MR) is 88.4 cm³/mol. The summed E-state index contributed by atoms with van der Waals surface area (Å²) < 4.78 is 55.5. The second-order valence-electron chi connectivity index (χ2n) is 6.21. The average molecular weight is 392 g/mol. The van der Waals surface area contributed by atoms with Crippen molar-refractivity contribution in [3.05, 3.63) is 59.5 Å². The van der Waals surface area contributed by atoms with Crippen LogP contribution in [0.5, 0.6) is 0 Å². The van der Waals surface area contributed by atoms with Gasteiger partial charge in [-0.05, 0) is 36.2 Å². The Kier molecular flexibility index (Phi) is 4.33. The number of rotatable bonds is 3. The van der Waals surface area contributed by atoms with Crippen LogP contribution in [0.15, 0.2) is 41.1 Å². The second-order valence-corrected chi connectivity index (χ2v) is 6.21. The summed E-state index contributed by atoms with van der Waals surface area (Å²) in [6.07, 6.45) is -2.59. The van der Waals surface area contributed by atoms with Crippen molar-refractivity contribution in [2.24, 2.45) is 0 Å². The largest absolute Gasteiger partial charge is 0.471 e. The number of carbonyl (C=O) groups excluding carboxylic acids is 1. The third-order valence-corrected chi connectivity index (χ3v) is 4.32. The predicted octanol–water partition coefficient (Wildman–Crippen LogP) is 3.77. The number of fused-ring (bicyclic) bond motifs is 1. The quantitative estimate of drug-likeness (QED) is 0.635. The first kappa shape index (κ1) is 18.1. The minimum atomic E-state index is -4.73. The first-order valence-corrected chi connectivity index (χ1v) is 8.26. The third-order valence-electron chi connectivity index (χ3n) is 4.32. The van der Waals surface area contributed by atoms with Crippen LogP contribution in [0.25, 0.3) is 11.4 Å². The number of amides is 1. The highest BCUT2D eigenvalue weighted by atomic mass is 19.4. The molecule has 0 atom stereocenters. The number of benzene rings is 1. The maximum atomic E-state index is 13.6. The molecule has 0 saturated carbocycles. The van der Waals surface area contributed by atoms with E-state index in [2.05, 4.69) is 19.6 Å². The normalized spacial score (nSPS) is 14.3. The number of aromatic nitrogens is 3. The van der Waals surface area contributed by atoms with Gasteiger partial charge in [0.05, 0.1) is 17.9 Å².